The smallest absolute Gasteiger partial charge is 0.219 e. The average Bonchev–Trinajstić information content (AvgIpc) is 3.07. The molecule has 5 heteroatoms. The third-order valence-electron chi connectivity index (χ3n) is 5.24. The molecule has 1 aliphatic rings. The van der Waals surface area contributed by atoms with Crippen molar-refractivity contribution in [2.45, 2.75) is 30.6 Å². The molecule has 0 atom stereocenters. The molecule has 4 nitrogen and oxygen atoms in total. The third-order valence-corrected chi connectivity index (χ3v) is 5.97. The zero-order valence-corrected chi connectivity index (χ0v) is 16.0. The van der Waals surface area contributed by atoms with Gasteiger partial charge in [-0.2, -0.15) is 5.10 Å². The Labute approximate surface area is 158 Å². The molecule has 0 saturated carbocycles. The molecule has 2 heterocycles. The summed E-state index contributed by atoms with van der Waals surface area (Å²) in [5.41, 5.74) is 3.41. The summed E-state index contributed by atoms with van der Waals surface area (Å²) in [6, 6.07) is 16.9. The number of carbonyl (C=O) groups is 1. The highest BCUT2D eigenvalue weighted by atomic mass is 32.2. The van der Waals surface area contributed by atoms with Crippen LogP contribution in [0.3, 0.4) is 0 Å². The minimum atomic E-state index is 0.174. The van der Waals surface area contributed by atoms with Crippen LogP contribution < -0.4 is 0 Å². The van der Waals surface area contributed by atoms with Crippen molar-refractivity contribution >= 4 is 28.6 Å². The lowest BCUT2D eigenvalue weighted by molar-refractivity contribution is -0.129. The van der Waals surface area contributed by atoms with Crippen LogP contribution in [0.15, 0.2) is 53.4 Å². The van der Waals surface area contributed by atoms with Crippen molar-refractivity contribution in [1.29, 1.82) is 0 Å². The molecule has 1 fully saturated rings. The van der Waals surface area contributed by atoms with E-state index in [0.717, 1.165) is 37.1 Å². The maximum Gasteiger partial charge on any atom is 0.219 e. The molecule has 3 aromatic rings. The number of benzene rings is 2. The number of hydrogen-bond donors (Lipinski definition) is 0. The first-order chi connectivity index (χ1) is 12.7. The lowest BCUT2D eigenvalue weighted by Crippen LogP contribution is -2.36. The van der Waals surface area contributed by atoms with E-state index in [9.17, 15) is 4.79 Å². The summed E-state index contributed by atoms with van der Waals surface area (Å²) < 4.78 is 2.07. The van der Waals surface area contributed by atoms with Crippen molar-refractivity contribution in [3.63, 3.8) is 0 Å². The van der Waals surface area contributed by atoms with E-state index in [1.165, 1.54) is 16.0 Å². The van der Waals surface area contributed by atoms with Crippen LogP contribution in [-0.2, 0) is 4.79 Å². The van der Waals surface area contributed by atoms with Crippen LogP contribution in [0.4, 0.5) is 0 Å². The number of amides is 1. The molecular weight excluding hydrogens is 342 g/mol. The van der Waals surface area contributed by atoms with Gasteiger partial charge in [0.2, 0.25) is 5.91 Å². The highest BCUT2D eigenvalue weighted by molar-refractivity contribution is 7.98. The van der Waals surface area contributed by atoms with Gasteiger partial charge in [-0.15, -0.1) is 11.8 Å². The van der Waals surface area contributed by atoms with Gasteiger partial charge in [-0.05, 0) is 49.4 Å². The van der Waals surface area contributed by atoms with Crippen molar-refractivity contribution in [3.8, 4) is 5.69 Å². The zero-order chi connectivity index (χ0) is 18.1. The normalized spacial score (nSPS) is 15.5. The second kappa shape index (κ2) is 7.16. The number of aromatic nitrogens is 2. The molecule has 26 heavy (non-hydrogen) atoms. The number of nitrogens with zero attached hydrogens (tertiary/aromatic N) is 3. The van der Waals surface area contributed by atoms with Crippen molar-refractivity contribution < 1.29 is 4.79 Å². The van der Waals surface area contributed by atoms with Crippen LogP contribution in [0.2, 0.25) is 0 Å². The Hall–Kier alpha value is -2.27. The lowest BCUT2D eigenvalue weighted by Gasteiger charge is -2.30. The molecule has 1 aliphatic heterocycles. The fourth-order valence-corrected chi connectivity index (χ4v) is 4.21. The highest BCUT2D eigenvalue weighted by Crippen LogP contribution is 2.35. The van der Waals surface area contributed by atoms with Gasteiger partial charge < -0.3 is 4.90 Å². The Bertz CT molecular complexity index is 927. The number of para-hydroxylation sites is 1. The third kappa shape index (κ3) is 3.12. The standard InChI is InChI=1S/C21H23N3OS/c1-15(25)23-12-10-16(11-13-23)21-19-9-8-18(26-2)14-20(19)24(22-21)17-6-4-3-5-7-17/h3-9,14,16H,10-13H2,1-2H3. The van der Waals surface area contributed by atoms with E-state index >= 15 is 0 Å². The predicted octanol–water partition coefficient (Wildman–Crippen LogP) is 4.47. The van der Waals surface area contributed by atoms with Crippen LogP contribution in [-0.4, -0.2) is 39.9 Å². The second-order valence-electron chi connectivity index (χ2n) is 6.80. The van der Waals surface area contributed by atoms with E-state index in [4.69, 9.17) is 5.10 Å². The first kappa shape index (κ1) is 17.2. The molecule has 1 amide bonds. The number of piperidine rings is 1. The number of carbonyl (C=O) groups excluding carboxylic acids is 1. The summed E-state index contributed by atoms with van der Waals surface area (Å²) in [5.74, 6) is 0.575. The Morgan fingerprint density at radius 2 is 1.85 bits per heavy atom. The Kier molecular flexibility index (Phi) is 4.72. The molecule has 1 saturated heterocycles. The van der Waals surface area contributed by atoms with Gasteiger partial charge in [0, 0.05) is 36.2 Å². The van der Waals surface area contributed by atoms with Gasteiger partial charge in [-0.25, -0.2) is 4.68 Å². The summed E-state index contributed by atoms with van der Waals surface area (Å²) in [6.07, 6.45) is 4.05. The van der Waals surface area contributed by atoms with Crippen LogP contribution in [0.1, 0.15) is 31.4 Å². The molecule has 1 aromatic heterocycles. The summed E-state index contributed by atoms with van der Waals surface area (Å²) >= 11 is 1.75. The van der Waals surface area contributed by atoms with Gasteiger partial charge in [0.1, 0.15) is 0 Å². The lowest BCUT2D eigenvalue weighted by atomic mass is 9.91. The Morgan fingerprint density at radius 3 is 2.50 bits per heavy atom. The van der Waals surface area contributed by atoms with Crippen LogP contribution in [0.5, 0.6) is 0 Å². The molecule has 0 N–H and O–H groups in total. The summed E-state index contributed by atoms with van der Waals surface area (Å²) in [5, 5.41) is 6.26. The van der Waals surface area contributed by atoms with Gasteiger partial charge in [-0.3, -0.25) is 4.79 Å². The number of fused-ring (bicyclic) bond motifs is 1. The molecule has 0 unspecified atom stereocenters. The fourth-order valence-electron chi connectivity index (χ4n) is 3.78. The van der Waals surface area contributed by atoms with E-state index in [2.05, 4.69) is 41.3 Å². The molecule has 0 aliphatic carbocycles. The van der Waals surface area contributed by atoms with E-state index in [1.807, 2.05) is 23.1 Å². The van der Waals surface area contributed by atoms with Crippen molar-refractivity contribution in [1.82, 2.24) is 14.7 Å². The first-order valence-corrected chi connectivity index (χ1v) is 10.3. The number of thioether (sulfide) groups is 1. The van der Waals surface area contributed by atoms with Crippen LogP contribution >= 0.6 is 11.8 Å². The highest BCUT2D eigenvalue weighted by Gasteiger charge is 2.26. The minimum absolute atomic E-state index is 0.174. The quantitative estimate of drug-likeness (QED) is 0.643. The van der Waals surface area contributed by atoms with Gasteiger partial charge >= 0.3 is 0 Å². The van der Waals surface area contributed by atoms with E-state index < -0.39 is 0 Å². The maximum absolute atomic E-state index is 11.6. The molecule has 4 rings (SSSR count). The molecular formula is C21H23N3OS. The second-order valence-corrected chi connectivity index (χ2v) is 7.68. The van der Waals surface area contributed by atoms with Gasteiger partial charge in [0.15, 0.2) is 0 Å². The number of rotatable bonds is 3. The van der Waals surface area contributed by atoms with Gasteiger partial charge in [-0.1, -0.05) is 18.2 Å². The van der Waals surface area contributed by atoms with E-state index in [-0.39, 0.29) is 5.91 Å². The fraction of sp³-hybridized carbons (Fsp3) is 0.333. The topological polar surface area (TPSA) is 38.1 Å². The molecule has 134 valence electrons. The summed E-state index contributed by atoms with van der Waals surface area (Å²) in [6.45, 7) is 3.30. The molecule has 0 spiro atoms. The van der Waals surface area contributed by atoms with E-state index in [0.29, 0.717) is 5.92 Å². The van der Waals surface area contributed by atoms with Gasteiger partial charge in [0.05, 0.1) is 16.9 Å². The zero-order valence-electron chi connectivity index (χ0n) is 15.2. The Morgan fingerprint density at radius 1 is 1.12 bits per heavy atom. The minimum Gasteiger partial charge on any atom is -0.343 e. The summed E-state index contributed by atoms with van der Waals surface area (Å²) in [7, 11) is 0. The van der Waals surface area contributed by atoms with Crippen LogP contribution in [0.25, 0.3) is 16.6 Å². The monoisotopic (exact) mass is 365 g/mol. The molecule has 2 aromatic carbocycles. The SMILES string of the molecule is CSc1ccc2c(C3CCN(C(C)=O)CC3)nn(-c3ccccc3)c2c1. The predicted molar refractivity (Wildman–Crippen MR) is 107 cm³/mol. The molecule has 0 radical (unpaired) electrons. The van der Waals surface area contributed by atoms with Crippen molar-refractivity contribution in [2.24, 2.45) is 0 Å². The van der Waals surface area contributed by atoms with Crippen LogP contribution in [0, 0.1) is 0 Å². The number of likely N-dealkylation sites (tertiary alicyclic amines) is 1. The largest absolute Gasteiger partial charge is 0.343 e. The van der Waals surface area contributed by atoms with Gasteiger partial charge in [0.25, 0.3) is 0 Å². The number of hydrogen-bond acceptors (Lipinski definition) is 3. The Balaban J connectivity index is 1.77. The first-order valence-electron chi connectivity index (χ1n) is 9.05. The van der Waals surface area contributed by atoms with E-state index in [1.54, 1.807) is 18.7 Å². The van der Waals surface area contributed by atoms with Crippen molar-refractivity contribution in [2.75, 3.05) is 19.3 Å². The maximum atomic E-state index is 11.6. The summed E-state index contributed by atoms with van der Waals surface area (Å²) in [4.78, 5) is 14.8. The molecule has 0 bridgehead atoms. The van der Waals surface area contributed by atoms with Crippen molar-refractivity contribution in [3.05, 3.63) is 54.2 Å². The average molecular weight is 366 g/mol.